The Labute approximate surface area is 235 Å². The molecule has 3 aromatic rings. The fraction of sp³-hybridized carbons (Fsp3) is 0.375. The molecule has 206 valence electrons. The molecular formula is C32H36N6O2. The van der Waals surface area contributed by atoms with Gasteiger partial charge in [-0.25, -0.2) is 9.97 Å². The number of fused-ring (bicyclic) bond motifs is 3. The van der Waals surface area contributed by atoms with Gasteiger partial charge in [-0.05, 0) is 84.6 Å². The van der Waals surface area contributed by atoms with Gasteiger partial charge >= 0.3 is 0 Å². The zero-order chi connectivity index (χ0) is 28.2. The van der Waals surface area contributed by atoms with Crippen molar-refractivity contribution in [2.75, 3.05) is 23.7 Å². The Kier molecular flexibility index (Phi) is 6.36. The first-order valence-corrected chi connectivity index (χ1v) is 14.0. The Morgan fingerprint density at radius 2 is 1.90 bits per heavy atom. The van der Waals surface area contributed by atoms with Gasteiger partial charge in [0.05, 0.1) is 6.04 Å². The highest BCUT2D eigenvalue weighted by Crippen LogP contribution is 2.40. The van der Waals surface area contributed by atoms with E-state index in [9.17, 15) is 9.59 Å². The maximum atomic E-state index is 13.7. The predicted molar refractivity (Wildman–Crippen MR) is 158 cm³/mol. The smallest absolute Gasteiger partial charge is 0.276 e. The van der Waals surface area contributed by atoms with E-state index < -0.39 is 0 Å². The molecule has 0 spiro atoms. The van der Waals surface area contributed by atoms with Gasteiger partial charge in [-0.2, -0.15) is 0 Å². The molecule has 2 aliphatic heterocycles. The number of likely N-dealkylation sites (tertiary alicyclic amines) is 1. The Morgan fingerprint density at radius 1 is 1.12 bits per heavy atom. The number of nitrogens with two attached hydrogens (primary N) is 1. The SMILES string of the molecule is C=CC(=O)N1CCC[C@H]1/C=C/c1c(-c2ccnc(N3CCn4c(cc5c4CC(C)(C)C5)C3=O)c2C)ccnc1N. The standard InChI is InChI=1S/C32H36N6O2/c1-5-28(39)36-14-6-7-22(36)8-9-25-24(11-12-34-29(25)33)23-10-13-35-30(20(23)2)38-16-15-37-26(31(38)40)17-21-18-32(3,4)19-27(21)37/h5,8-13,17,22H,1,6-7,14-16,18-19H2,2-4H3,(H2,33,34)/b9-8+/t22-/m0/s1. The molecule has 0 bridgehead atoms. The average molecular weight is 537 g/mol. The fourth-order valence-corrected chi connectivity index (χ4v) is 6.69. The third kappa shape index (κ3) is 4.31. The number of amides is 2. The van der Waals surface area contributed by atoms with Crippen LogP contribution in [0.4, 0.5) is 11.6 Å². The molecule has 40 heavy (non-hydrogen) atoms. The number of carbonyl (C=O) groups is 2. The lowest BCUT2D eigenvalue weighted by Gasteiger charge is -2.30. The maximum Gasteiger partial charge on any atom is 0.276 e. The minimum absolute atomic E-state index is 0.00576. The monoisotopic (exact) mass is 536 g/mol. The number of carbonyl (C=O) groups excluding carboxylic acids is 2. The number of anilines is 2. The first-order chi connectivity index (χ1) is 19.2. The third-order valence-electron chi connectivity index (χ3n) is 8.61. The van der Waals surface area contributed by atoms with Crippen molar-refractivity contribution in [3.63, 3.8) is 0 Å². The highest BCUT2D eigenvalue weighted by atomic mass is 16.2. The summed E-state index contributed by atoms with van der Waals surface area (Å²) < 4.78 is 2.22. The van der Waals surface area contributed by atoms with Crippen molar-refractivity contribution < 1.29 is 9.59 Å². The van der Waals surface area contributed by atoms with Crippen molar-refractivity contribution in [3.8, 4) is 11.1 Å². The number of hydrogen-bond acceptors (Lipinski definition) is 5. The fourth-order valence-electron chi connectivity index (χ4n) is 6.69. The average Bonchev–Trinajstić information content (AvgIpc) is 3.61. The lowest BCUT2D eigenvalue weighted by molar-refractivity contribution is -0.126. The zero-order valence-corrected chi connectivity index (χ0v) is 23.5. The third-order valence-corrected chi connectivity index (χ3v) is 8.61. The molecule has 2 N–H and O–H groups in total. The summed E-state index contributed by atoms with van der Waals surface area (Å²) in [4.78, 5) is 38.7. The van der Waals surface area contributed by atoms with Crippen molar-refractivity contribution in [2.24, 2.45) is 5.41 Å². The van der Waals surface area contributed by atoms with Gasteiger partial charge in [-0.3, -0.25) is 14.5 Å². The molecule has 0 saturated carbocycles. The summed E-state index contributed by atoms with van der Waals surface area (Å²) in [5.41, 5.74) is 13.6. The Hall–Kier alpha value is -4.20. The van der Waals surface area contributed by atoms with Crippen molar-refractivity contribution in [2.45, 2.75) is 59.0 Å². The summed E-state index contributed by atoms with van der Waals surface area (Å²) in [6, 6.07) is 5.98. The minimum Gasteiger partial charge on any atom is -0.383 e. The van der Waals surface area contributed by atoms with Crippen LogP contribution >= 0.6 is 0 Å². The highest BCUT2D eigenvalue weighted by molar-refractivity contribution is 6.06. The van der Waals surface area contributed by atoms with Gasteiger partial charge in [0.15, 0.2) is 0 Å². The Morgan fingerprint density at radius 3 is 2.70 bits per heavy atom. The van der Waals surface area contributed by atoms with E-state index in [2.05, 4.69) is 41.0 Å². The van der Waals surface area contributed by atoms with E-state index in [-0.39, 0.29) is 23.3 Å². The molecule has 6 rings (SSSR count). The van der Waals surface area contributed by atoms with Crippen LogP contribution in [0, 0.1) is 12.3 Å². The number of nitrogens with zero attached hydrogens (tertiary/aromatic N) is 5. The Balaban J connectivity index is 1.33. The molecule has 8 heteroatoms. The van der Waals surface area contributed by atoms with Gasteiger partial charge in [-0.15, -0.1) is 0 Å². The summed E-state index contributed by atoms with van der Waals surface area (Å²) in [6.45, 7) is 12.3. The summed E-state index contributed by atoms with van der Waals surface area (Å²) in [5.74, 6) is 1.01. The molecule has 0 unspecified atom stereocenters. The van der Waals surface area contributed by atoms with Gasteiger partial charge in [0.25, 0.3) is 5.91 Å². The topological polar surface area (TPSA) is 97.4 Å². The second kappa shape index (κ2) is 9.77. The van der Waals surface area contributed by atoms with Crippen LogP contribution < -0.4 is 10.6 Å². The molecule has 1 atom stereocenters. The molecule has 5 heterocycles. The molecule has 3 aliphatic rings. The van der Waals surface area contributed by atoms with Crippen molar-refractivity contribution >= 4 is 29.5 Å². The quantitative estimate of drug-likeness (QED) is 0.472. The molecular weight excluding hydrogens is 500 g/mol. The molecule has 0 radical (unpaired) electrons. The van der Waals surface area contributed by atoms with Crippen LogP contribution in [0.5, 0.6) is 0 Å². The first kappa shape index (κ1) is 26.0. The second-order valence-corrected chi connectivity index (χ2v) is 11.9. The van der Waals surface area contributed by atoms with E-state index in [0.29, 0.717) is 18.2 Å². The molecule has 1 aliphatic carbocycles. The molecule has 2 amide bonds. The van der Waals surface area contributed by atoms with Crippen LogP contribution in [-0.4, -0.2) is 50.4 Å². The second-order valence-electron chi connectivity index (χ2n) is 11.9. The van der Waals surface area contributed by atoms with E-state index in [1.54, 1.807) is 12.4 Å². The number of nitrogen functional groups attached to an aromatic ring is 1. The summed E-state index contributed by atoms with van der Waals surface area (Å²) in [5, 5.41) is 0. The number of pyridine rings is 2. The molecule has 1 fully saturated rings. The maximum absolute atomic E-state index is 13.7. The summed E-state index contributed by atoms with van der Waals surface area (Å²) >= 11 is 0. The van der Waals surface area contributed by atoms with E-state index >= 15 is 0 Å². The van der Waals surface area contributed by atoms with Crippen molar-refractivity contribution in [1.82, 2.24) is 19.4 Å². The minimum atomic E-state index is -0.0626. The normalized spacial score (nSPS) is 19.8. The molecule has 0 aromatic carbocycles. The molecule has 8 nitrogen and oxygen atoms in total. The van der Waals surface area contributed by atoms with Gasteiger partial charge in [0.2, 0.25) is 5.91 Å². The largest absolute Gasteiger partial charge is 0.383 e. The van der Waals surface area contributed by atoms with E-state index in [1.165, 1.54) is 17.3 Å². The van der Waals surface area contributed by atoms with Crippen LogP contribution in [-0.2, 0) is 24.2 Å². The molecule has 1 saturated heterocycles. The van der Waals surface area contributed by atoms with Crippen LogP contribution in [0.3, 0.4) is 0 Å². The predicted octanol–water partition coefficient (Wildman–Crippen LogP) is 4.81. The van der Waals surface area contributed by atoms with E-state index in [4.69, 9.17) is 5.73 Å². The summed E-state index contributed by atoms with van der Waals surface area (Å²) in [6.07, 6.45) is 12.7. The van der Waals surface area contributed by atoms with Crippen LogP contribution in [0.25, 0.3) is 17.2 Å². The van der Waals surface area contributed by atoms with Crippen molar-refractivity contribution in [1.29, 1.82) is 0 Å². The highest BCUT2D eigenvalue weighted by Gasteiger charge is 2.37. The van der Waals surface area contributed by atoms with E-state index in [1.807, 2.05) is 41.0 Å². The lowest BCUT2D eigenvalue weighted by Crippen LogP contribution is -2.41. The van der Waals surface area contributed by atoms with E-state index in [0.717, 1.165) is 66.7 Å². The van der Waals surface area contributed by atoms with Gasteiger partial charge < -0.3 is 15.2 Å². The van der Waals surface area contributed by atoms with Crippen LogP contribution in [0.15, 0.2) is 49.3 Å². The summed E-state index contributed by atoms with van der Waals surface area (Å²) in [7, 11) is 0. The zero-order valence-electron chi connectivity index (χ0n) is 23.5. The van der Waals surface area contributed by atoms with Gasteiger partial charge in [-0.1, -0.05) is 32.6 Å². The van der Waals surface area contributed by atoms with Crippen LogP contribution in [0.2, 0.25) is 0 Å². The number of rotatable bonds is 5. The lowest BCUT2D eigenvalue weighted by atomic mass is 9.90. The van der Waals surface area contributed by atoms with Crippen LogP contribution in [0.1, 0.15) is 59.6 Å². The van der Waals surface area contributed by atoms with Crippen molar-refractivity contribution in [3.05, 3.63) is 77.4 Å². The first-order valence-electron chi connectivity index (χ1n) is 14.0. The number of hydrogen-bond donors (Lipinski definition) is 1. The van der Waals surface area contributed by atoms with Gasteiger partial charge in [0, 0.05) is 43.3 Å². The number of aromatic nitrogens is 3. The van der Waals surface area contributed by atoms with Gasteiger partial charge in [0.1, 0.15) is 17.3 Å². The Bertz CT molecular complexity index is 1570. The molecule has 3 aromatic heterocycles.